The first-order chi connectivity index (χ1) is 13.2. The topological polar surface area (TPSA) is 60.9 Å². The first kappa shape index (κ1) is 21.5. The van der Waals surface area contributed by atoms with E-state index in [1.807, 2.05) is 6.07 Å². The highest BCUT2D eigenvalue weighted by Crippen LogP contribution is 2.12. The summed E-state index contributed by atoms with van der Waals surface area (Å²) in [5, 5.41) is 10.4. The molecule has 0 spiro atoms. The standard InChI is InChI=1S/C21H37N5O/c1-4-22-21(23-11-8-12-26-13-15-27-16-14-26)24-17-20(18(2)3)25-19-9-6-5-7-10-19/h5-7,9-10,18,20,25H,4,8,11-17H2,1-3H3,(H2,22,23,24). The summed E-state index contributed by atoms with van der Waals surface area (Å²) in [5.74, 6) is 1.40. The number of hydrogen-bond acceptors (Lipinski definition) is 4. The molecule has 6 nitrogen and oxygen atoms in total. The van der Waals surface area contributed by atoms with Gasteiger partial charge in [-0.1, -0.05) is 32.0 Å². The van der Waals surface area contributed by atoms with Crippen LogP contribution < -0.4 is 16.0 Å². The Labute approximate surface area is 164 Å². The van der Waals surface area contributed by atoms with Crippen LogP contribution in [0.5, 0.6) is 0 Å². The van der Waals surface area contributed by atoms with Crippen LogP contribution in [0.2, 0.25) is 0 Å². The van der Waals surface area contributed by atoms with Gasteiger partial charge in [0.25, 0.3) is 0 Å². The van der Waals surface area contributed by atoms with Crippen molar-refractivity contribution in [1.29, 1.82) is 0 Å². The number of ether oxygens (including phenoxy) is 1. The summed E-state index contributed by atoms with van der Waals surface area (Å²) in [4.78, 5) is 7.28. The van der Waals surface area contributed by atoms with Gasteiger partial charge in [0.05, 0.1) is 19.8 Å². The Morgan fingerprint density at radius 1 is 1.15 bits per heavy atom. The van der Waals surface area contributed by atoms with Crippen molar-refractivity contribution in [3.8, 4) is 0 Å². The number of morpholine rings is 1. The van der Waals surface area contributed by atoms with Crippen molar-refractivity contribution in [3.05, 3.63) is 30.3 Å². The van der Waals surface area contributed by atoms with E-state index >= 15 is 0 Å². The summed E-state index contributed by atoms with van der Waals surface area (Å²) >= 11 is 0. The maximum atomic E-state index is 5.40. The van der Waals surface area contributed by atoms with E-state index in [9.17, 15) is 0 Å². The molecule has 1 saturated heterocycles. The van der Waals surface area contributed by atoms with Gasteiger partial charge in [0, 0.05) is 37.9 Å². The zero-order chi connectivity index (χ0) is 19.3. The van der Waals surface area contributed by atoms with Crippen molar-refractivity contribution < 1.29 is 4.74 Å². The lowest BCUT2D eigenvalue weighted by molar-refractivity contribution is 0.0376. The lowest BCUT2D eigenvalue weighted by atomic mass is 10.0. The highest BCUT2D eigenvalue weighted by Gasteiger charge is 2.13. The molecule has 27 heavy (non-hydrogen) atoms. The summed E-state index contributed by atoms with van der Waals surface area (Å²) in [6.45, 7) is 14.1. The molecule has 1 atom stereocenters. The maximum absolute atomic E-state index is 5.40. The second-order valence-corrected chi connectivity index (χ2v) is 7.31. The number of aliphatic imine (C=N–C) groups is 1. The Morgan fingerprint density at radius 2 is 1.89 bits per heavy atom. The fourth-order valence-electron chi connectivity index (χ4n) is 3.04. The van der Waals surface area contributed by atoms with Gasteiger partial charge in [-0.15, -0.1) is 0 Å². The Kier molecular flexibility index (Phi) is 10.0. The largest absolute Gasteiger partial charge is 0.380 e. The Balaban J connectivity index is 1.78. The second-order valence-electron chi connectivity index (χ2n) is 7.31. The van der Waals surface area contributed by atoms with Gasteiger partial charge in [-0.2, -0.15) is 0 Å². The van der Waals surface area contributed by atoms with Gasteiger partial charge in [0.1, 0.15) is 0 Å². The van der Waals surface area contributed by atoms with E-state index in [0.717, 1.165) is 70.6 Å². The van der Waals surface area contributed by atoms with Crippen molar-refractivity contribution in [1.82, 2.24) is 15.5 Å². The fraction of sp³-hybridized carbons (Fsp3) is 0.667. The zero-order valence-electron chi connectivity index (χ0n) is 17.2. The molecule has 1 aliphatic heterocycles. The van der Waals surface area contributed by atoms with Crippen LogP contribution in [0.25, 0.3) is 0 Å². The predicted octanol–water partition coefficient (Wildman–Crippen LogP) is 2.40. The maximum Gasteiger partial charge on any atom is 0.191 e. The van der Waals surface area contributed by atoms with Gasteiger partial charge in [-0.3, -0.25) is 9.89 Å². The average molecular weight is 376 g/mol. The number of nitrogens with zero attached hydrogens (tertiary/aromatic N) is 2. The number of para-hydroxylation sites is 1. The molecule has 2 rings (SSSR count). The number of guanidine groups is 1. The smallest absolute Gasteiger partial charge is 0.191 e. The van der Waals surface area contributed by atoms with Crippen molar-refractivity contribution in [3.63, 3.8) is 0 Å². The van der Waals surface area contributed by atoms with Gasteiger partial charge in [-0.25, -0.2) is 0 Å². The fourth-order valence-corrected chi connectivity index (χ4v) is 3.04. The van der Waals surface area contributed by atoms with Crippen molar-refractivity contribution in [2.24, 2.45) is 10.9 Å². The Hall–Kier alpha value is -1.79. The molecule has 3 N–H and O–H groups in total. The molecule has 6 heteroatoms. The summed E-state index contributed by atoms with van der Waals surface area (Å²) in [7, 11) is 0. The minimum atomic E-state index is 0.302. The van der Waals surface area contributed by atoms with Gasteiger partial charge in [0.15, 0.2) is 5.96 Å². The van der Waals surface area contributed by atoms with Gasteiger partial charge < -0.3 is 20.7 Å². The Bertz CT molecular complexity index is 529. The molecule has 0 radical (unpaired) electrons. The number of nitrogens with one attached hydrogen (secondary N) is 3. The molecule has 1 aromatic carbocycles. The van der Waals surface area contributed by atoms with Crippen LogP contribution >= 0.6 is 0 Å². The predicted molar refractivity (Wildman–Crippen MR) is 115 cm³/mol. The number of hydrogen-bond donors (Lipinski definition) is 3. The first-order valence-electron chi connectivity index (χ1n) is 10.3. The van der Waals surface area contributed by atoms with E-state index in [0.29, 0.717) is 12.0 Å². The average Bonchev–Trinajstić information content (AvgIpc) is 2.69. The van der Waals surface area contributed by atoms with E-state index in [-0.39, 0.29) is 0 Å². The van der Waals surface area contributed by atoms with Gasteiger partial charge >= 0.3 is 0 Å². The third-order valence-electron chi connectivity index (χ3n) is 4.77. The molecule has 1 unspecified atom stereocenters. The van der Waals surface area contributed by atoms with Crippen LogP contribution in [0, 0.1) is 5.92 Å². The molecule has 0 amide bonds. The van der Waals surface area contributed by atoms with E-state index in [4.69, 9.17) is 9.73 Å². The number of anilines is 1. The van der Waals surface area contributed by atoms with E-state index in [1.54, 1.807) is 0 Å². The lowest BCUT2D eigenvalue weighted by Gasteiger charge is -2.26. The minimum absolute atomic E-state index is 0.302. The molecule has 1 aromatic rings. The van der Waals surface area contributed by atoms with Crippen LogP contribution in [0.3, 0.4) is 0 Å². The van der Waals surface area contributed by atoms with Crippen LogP contribution in [0.1, 0.15) is 27.2 Å². The summed E-state index contributed by atoms with van der Waals surface area (Å²) < 4.78 is 5.40. The van der Waals surface area contributed by atoms with Crippen molar-refractivity contribution in [2.45, 2.75) is 33.2 Å². The molecular formula is C21H37N5O. The van der Waals surface area contributed by atoms with Crippen LogP contribution in [-0.2, 0) is 4.74 Å². The van der Waals surface area contributed by atoms with Gasteiger partial charge in [0.2, 0.25) is 0 Å². The number of rotatable bonds is 10. The van der Waals surface area contributed by atoms with Gasteiger partial charge in [-0.05, 0) is 37.9 Å². The van der Waals surface area contributed by atoms with Crippen LogP contribution in [-0.4, -0.2) is 69.4 Å². The molecule has 0 saturated carbocycles. The molecule has 0 bridgehead atoms. The van der Waals surface area contributed by atoms with E-state index in [2.05, 4.69) is 65.9 Å². The summed E-state index contributed by atoms with van der Waals surface area (Å²) in [5.41, 5.74) is 1.15. The monoisotopic (exact) mass is 375 g/mol. The minimum Gasteiger partial charge on any atom is -0.380 e. The van der Waals surface area contributed by atoms with Crippen molar-refractivity contribution in [2.75, 3.05) is 57.8 Å². The third-order valence-corrected chi connectivity index (χ3v) is 4.77. The first-order valence-corrected chi connectivity index (χ1v) is 10.3. The normalized spacial score (nSPS) is 17.0. The molecule has 0 aliphatic carbocycles. The molecule has 1 fully saturated rings. The zero-order valence-corrected chi connectivity index (χ0v) is 17.2. The quantitative estimate of drug-likeness (QED) is 0.333. The molecule has 152 valence electrons. The highest BCUT2D eigenvalue weighted by molar-refractivity contribution is 5.79. The molecule has 1 aliphatic rings. The van der Waals surface area contributed by atoms with E-state index in [1.165, 1.54) is 0 Å². The molecular weight excluding hydrogens is 338 g/mol. The van der Waals surface area contributed by atoms with Crippen LogP contribution in [0.4, 0.5) is 5.69 Å². The highest BCUT2D eigenvalue weighted by atomic mass is 16.5. The third kappa shape index (κ3) is 8.63. The summed E-state index contributed by atoms with van der Waals surface area (Å²) in [6, 6.07) is 10.7. The summed E-state index contributed by atoms with van der Waals surface area (Å²) in [6.07, 6.45) is 1.11. The SMILES string of the molecule is CCNC(=NCC(Nc1ccccc1)C(C)C)NCCCN1CCOCC1. The molecule has 0 aromatic heterocycles. The molecule has 1 heterocycles. The lowest BCUT2D eigenvalue weighted by Crippen LogP contribution is -2.41. The number of benzene rings is 1. The van der Waals surface area contributed by atoms with Crippen LogP contribution in [0.15, 0.2) is 35.3 Å². The van der Waals surface area contributed by atoms with E-state index < -0.39 is 0 Å². The Morgan fingerprint density at radius 3 is 2.56 bits per heavy atom. The second kappa shape index (κ2) is 12.6. The van der Waals surface area contributed by atoms with Crippen molar-refractivity contribution >= 4 is 11.6 Å².